The summed E-state index contributed by atoms with van der Waals surface area (Å²) in [4.78, 5) is 24.5. The van der Waals surface area contributed by atoms with E-state index in [1.165, 1.54) is 6.08 Å². The van der Waals surface area contributed by atoms with Gasteiger partial charge in [0.1, 0.15) is 0 Å². The van der Waals surface area contributed by atoms with Crippen LogP contribution in [-0.2, 0) is 14.3 Å². The second kappa shape index (κ2) is 9.68. The van der Waals surface area contributed by atoms with Crippen LogP contribution < -0.4 is 0 Å². The first-order chi connectivity index (χ1) is 8.52. The van der Waals surface area contributed by atoms with E-state index in [-0.39, 0.29) is 17.8 Å². The topological polar surface area (TPSA) is 46.6 Å². The third-order valence-corrected chi connectivity index (χ3v) is 2.56. The molecule has 0 bridgehead atoms. The van der Waals surface area contributed by atoms with Crippen molar-refractivity contribution in [2.75, 3.05) is 19.7 Å². The average Bonchev–Trinajstić information content (AvgIpc) is 2.36. The molecule has 0 rings (SSSR count). The summed E-state index contributed by atoms with van der Waals surface area (Å²) in [7, 11) is 0. The van der Waals surface area contributed by atoms with Crippen LogP contribution in [-0.4, -0.2) is 36.5 Å². The third kappa shape index (κ3) is 7.09. The molecule has 0 atom stereocenters. The molecule has 0 aromatic carbocycles. The highest BCUT2D eigenvalue weighted by Crippen LogP contribution is 2.01. The summed E-state index contributed by atoms with van der Waals surface area (Å²) in [5.74, 6) is -0.347. The van der Waals surface area contributed by atoms with Crippen molar-refractivity contribution < 1.29 is 14.3 Å². The number of nitrogens with zero attached hydrogens (tertiary/aromatic N) is 1. The van der Waals surface area contributed by atoms with Crippen LogP contribution in [0.1, 0.15) is 40.0 Å². The van der Waals surface area contributed by atoms with Crippen LogP contribution in [0.3, 0.4) is 0 Å². The van der Waals surface area contributed by atoms with E-state index in [1.807, 2.05) is 0 Å². The first kappa shape index (κ1) is 16.7. The van der Waals surface area contributed by atoms with E-state index in [0.29, 0.717) is 19.6 Å². The molecule has 0 heterocycles. The highest BCUT2D eigenvalue weighted by molar-refractivity contribution is 5.86. The number of unbranched alkanes of at least 4 members (excludes halogenated alkanes) is 1. The molecule has 0 saturated heterocycles. The fourth-order valence-corrected chi connectivity index (χ4v) is 1.41. The Morgan fingerprint density at radius 3 is 2.39 bits per heavy atom. The van der Waals surface area contributed by atoms with Gasteiger partial charge in [-0.2, -0.15) is 0 Å². The molecule has 104 valence electrons. The number of ether oxygens (including phenoxy) is 1. The first-order valence-corrected chi connectivity index (χ1v) is 6.60. The number of carbonyl (C=O) groups is 2. The van der Waals surface area contributed by atoms with Gasteiger partial charge in [-0.1, -0.05) is 33.8 Å². The van der Waals surface area contributed by atoms with Crippen LogP contribution in [0.25, 0.3) is 0 Å². The average molecular weight is 255 g/mol. The number of esters is 1. The maximum atomic E-state index is 11.6. The molecule has 1 amide bonds. The van der Waals surface area contributed by atoms with Gasteiger partial charge in [0.05, 0.1) is 12.5 Å². The van der Waals surface area contributed by atoms with Crippen molar-refractivity contribution in [2.24, 2.45) is 5.92 Å². The lowest BCUT2D eigenvalue weighted by Gasteiger charge is -2.20. The number of amides is 1. The van der Waals surface area contributed by atoms with Crippen LogP contribution in [0.15, 0.2) is 12.7 Å². The van der Waals surface area contributed by atoms with Crippen LogP contribution >= 0.6 is 0 Å². The monoisotopic (exact) mass is 255 g/mol. The van der Waals surface area contributed by atoms with Crippen molar-refractivity contribution in [1.29, 1.82) is 0 Å². The quantitative estimate of drug-likeness (QED) is 0.361. The van der Waals surface area contributed by atoms with Crippen molar-refractivity contribution in [2.45, 2.75) is 40.0 Å². The van der Waals surface area contributed by atoms with E-state index in [1.54, 1.807) is 18.7 Å². The SMILES string of the molecule is C=CC(=O)N(CCCC)CCCOC(=O)C(C)C. The number of hydrogen-bond donors (Lipinski definition) is 0. The summed E-state index contributed by atoms with van der Waals surface area (Å²) >= 11 is 0. The molecule has 18 heavy (non-hydrogen) atoms. The number of carbonyl (C=O) groups excluding carboxylic acids is 2. The van der Waals surface area contributed by atoms with Gasteiger partial charge in [-0.25, -0.2) is 0 Å². The lowest BCUT2D eigenvalue weighted by molar-refractivity contribution is -0.147. The minimum atomic E-state index is -0.190. The summed E-state index contributed by atoms with van der Waals surface area (Å²) in [6.07, 6.45) is 4.02. The van der Waals surface area contributed by atoms with E-state index >= 15 is 0 Å². The van der Waals surface area contributed by atoms with E-state index < -0.39 is 0 Å². The largest absolute Gasteiger partial charge is 0.465 e. The molecule has 0 aliphatic heterocycles. The van der Waals surface area contributed by atoms with Crippen molar-refractivity contribution in [3.05, 3.63) is 12.7 Å². The fourth-order valence-electron chi connectivity index (χ4n) is 1.41. The lowest BCUT2D eigenvalue weighted by Crippen LogP contribution is -2.32. The summed E-state index contributed by atoms with van der Waals surface area (Å²) in [5.41, 5.74) is 0. The van der Waals surface area contributed by atoms with Crippen molar-refractivity contribution in [3.8, 4) is 0 Å². The zero-order chi connectivity index (χ0) is 14.0. The Kier molecular flexibility index (Phi) is 8.97. The van der Waals surface area contributed by atoms with Crippen LogP contribution in [0.5, 0.6) is 0 Å². The van der Waals surface area contributed by atoms with Gasteiger partial charge in [-0.15, -0.1) is 0 Å². The zero-order valence-corrected chi connectivity index (χ0v) is 11.8. The normalized spacial score (nSPS) is 10.2. The Morgan fingerprint density at radius 1 is 1.28 bits per heavy atom. The molecule has 4 heteroatoms. The molecule has 0 fully saturated rings. The summed E-state index contributed by atoms with van der Waals surface area (Å²) in [6.45, 7) is 10.9. The van der Waals surface area contributed by atoms with Crippen molar-refractivity contribution >= 4 is 11.9 Å². The maximum absolute atomic E-state index is 11.6. The Labute approximate surface area is 110 Å². The molecule has 0 aromatic heterocycles. The molecule has 0 radical (unpaired) electrons. The van der Waals surface area contributed by atoms with E-state index in [2.05, 4.69) is 13.5 Å². The summed E-state index contributed by atoms with van der Waals surface area (Å²) in [6, 6.07) is 0. The van der Waals surface area contributed by atoms with Crippen molar-refractivity contribution in [1.82, 2.24) is 4.90 Å². The van der Waals surface area contributed by atoms with Gasteiger partial charge < -0.3 is 9.64 Å². The minimum Gasteiger partial charge on any atom is -0.465 e. The van der Waals surface area contributed by atoms with Gasteiger partial charge in [-0.05, 0) is 18.9 Å². The lowest BCUT2D eigenvalue weighted by atomic mass is 10.2. The fraction of sp³-hybridized carbons (Fsp3) is 0.714. The highest BCUT2D eigenvalue weighted by atomic mass is 16.5. The smallest absolute Gasteiger partial charge is 0.308 e. The van der Waals surface area contributed by atoms with Gasteiger partial charge >= 0.3 is 5.97 Å². The summed E-state index contributed by atoms with van der Waals surface area (Å²) in [5, 5.41) is 0. The molecule has 0 aromatic rings. The van der Waals surface area contributed by atoms with E-state index in [4.69, 9.17) is 4.74 Å². The standard InChI is InChI=1S/C14H25NO3/c1-5-7-9-15(13(16)6-2)10-8-11-18-14(17)12(3)4/h6,12H,2,5,7-11H2,1,3-4H3. The molecular formula is C14H25NO3. The number of hydrogen-bond acceptors (Lipinski definition) is 3. The molecule has 0 aliphatic carbocycles. The second-order valence-corrected chi connectivity index (χ2v) is 4.56. The predicted molar refractivity (Wildman–Crippen MR) is 72.1 cm³/mol. The molecule has 0 unspecified atom stereocenters. The number of rotatable bonds is 9. The molecule has 0 N–H and O–H groups in total. The summed E-state index contributed by atoms with van der Waals surface area (Å²) < 4.78 is 5.07. The zero-order valence-electron chi connectivity index (χ0n) is 11.8. The Morgan fingerprint density at radius 2 is 1.89 bits per heavy atom. The van der Waals surface area contributed by atoms with Gasteiger partial charge in [0.25, 0.3) is 0 Å². The Balaban J connectivity index is 3.92. The molecule has 0 saturated carbocycles. The van der Waals surface area contributed by atoms with Gasteiger partial charge in [0.15, 0.2) is 0 Å². The Hall–Kier alpha value is -1.32. The second-order valence-electron chi connectivity index (χ2n) is 4.56. The van der Waals surface area contributed by atoms with Gasteiger partial charge in [0.2, 0.25) is 5.91 Å². The van der Waals surface area contributed by atoms with Gasteiger partial charge in [-0.3, -0.25) is 9.59 Å². The predicted octanol–water partition coefficient (Wildman–Crippen LogP) is 2.39. The highest BCUT2D eigenvalue weighted by Gasteiger charge is 2.11. The third-order valence-electron chi connectivity index (χ3n) is 2.56. The molecular weight excluding hydrogens is 230 g/mol. The van der Waals surface area contributed by atoms with Crippen LogP contribution in [0.4, 0.5) is 0 Å². The minimum absolute atomic E-state index is 0.0568. The van der Waals surface area contributed by atoms with Crippen molar-refractivity contribution in [3.63, 3.8) is 0 Å². The molecule has 4 nitrogen and oxygen atoms in total. The Bertz CT molecular complexity index is 274. The van der Waals surface area contributed by atoms with Gasteiger partial charge in [0, 0.05) is 13.1 Å². The molecule has 0 aliphatic rings. The maximum Gasteiger partial charge on any atom is 0.308 e. The first-order valence-electron chi connectivity index (χ1n) is 6.60. The van der Waals surface area contributed by atoms with Crippen LogP contribution in [0.2, 0.25) is 0 Å². The van der Waals surface area contributed by atoms with Crippen LogP contribution in [0, 0.1) is 5.92 Å². The molecule has 0 spiro atoms. The van der Waals surface area contributed by atoms with E-state index in [0.717, 1.165) is 19.4 Å². The van der Waals surface area contributed by atoms with E-state index in [9.17, 15) is 9.59 Å².